The van der Waals surface area contributed by atoms with Crippen LogP contribution >= 0.6 is 12.4 Å². The van der Waals surface area contributed by atoms with E-state index in [2.05, 4.69) is 9.97 Å². The Balaban J connectivity index is 0.00000169. The zero-order chi connectivity index (χ0) is 9.84. The molecule has 1 aromatic heterocycles. The summed E-state index contributed by atoms with van der Waals surface area (Å²) >= 11 is 0. The summed E-state index contributed by atoms with van der Waals surface area (Å²) in [5, 5.41) is 8.71. The lowest BCUT2D eigenvalue weighted by Crippen LogP contribution is -2.27. The number of anilines is 2. The average molecular weight is 220 g/mol. The summed E-state index contributed by atoms with van der Waals surface area (Å²) in [5.41, 5.74) is 17.1. The molecule has 0 bridgehead atoms. The van der Waals surface area contributed by atoms with Gasteiger partial charge in [-0.05, 0) is 6.42 Å². The molecule has 0 aromatic carbocycles. The highest BCUT2D eigenvalue weighted by Gasteiger charge is 2.07. The Morgan fingerprint density at radius 1 is 1.43 bits per heavy atom. The van der Waals surface area contributed by atoms with Crippen LogP contribution in [0.1, 0.15) is 5.56 Å². The van der Waals surface area contributed by atoms with Gasteiger partial charge in [0.15, 0.2) is 0 Å². The molecule has 1 atom stereocenters. The Bertz CT molecular complexity index is 295. The summed E-state index contributed by atoms with van der Waals surface area (Å²) in [5.74, 6) is 0.454. The highest BCUT2D eigenvalue weighted by atomic mass is 35.5. The molecule has 1 unspecified atom stereocenters. The maximum absolute atomic E-state index is 8.71. The Morgan fingerprint density at radius 2 is 2.07 bits per heavy atom. The maximum Gasteiger partial charge on any atom is 0.221 e. The first-order chi connectivity index (χ1) is 6.13. The third kappa shape index (κ3) is 3.33. The number of hydrogen-bond donors (Lipinski definition) is 4. The SMILES string of the molecule is Cl.Nc1ncc(CC(N)CO)c(N)n1. The second-order valence-electron chi connectivity index (χ2n) is 2.79. The van der Waals surface area contributed by atoms with E-state index >= 15 is 0 Å². The molecular formula is C7H14ClN5O. The molecule has 0 aliphatic rings. The van der Waals surface area contributed by atoms with Crippen molar-refractivity contribution in [1.82, 2.24) is 9.97 Å². The number of aliphatic hydroxyl groups excluding tert-OH is 1. The van der Waals surface area contributed by atoms with Gasteiger partial charge in [-0.25, -0.2) is 4.98 Å². The summed E-state index contributed by atoms with van der Waals surface area (Å²) in [6.45, 7) is -0.0934. The third-order valence-corrected chi connectivity index (χ3v) is 1.63. The lowest BCUT2D eigenvalue weighted by molar-refractivity contribution is 0.265. The van der Waals surface area contributed by atoms with E-state index in [9.17, 15) is 0 Å². The molecule has 7 heteroatoms. The fourth-order valence-electron chi connectivity index (χ4n) is 0.939. The second kappa shape index (κ2) is 5.58. The Morgan fingerprint density at radius 3 is 2.57 bits per heavy atom. The van der Waals surface area contributed by atoms with Crippen LogP contribution in [0.4, 0.5) is 11.8 Å². The quantitative estimate of drug-likeness (QED) is 0.513. The molecule has 0 spiro atoms. The van der Waals surface area contributed by atoms with Gasteiger partial charge >= 0.3 is 0 Å². The van der Waals surface area contributed by atoms with Gasteiger partial charge in [0.25, 0.3) is 0 Å². The van der Waals surface area contributed by atoms with Crippen LogP contribution in [0.3, 0.4) is 0 Å². The van der Waals surface area contributed by atoms with Gasteiger partial charge in [-0.1, -0.05) is 0 Å². The number of nitrogens with zero attached hydrogens (tertiary/aromatic N) is 2. The summed E-state index contributed by atoms with van der Waals surface area (Å²) in [7, 11) is 0. The largest absolute Gasteiger partial charge is 0.395 e. The van der Waals surface area contributed by atoms with Crippen LogP contribution in [0.15, 0.2) is 6.20 Å². The van der Waals surface area contributed by atoms with E-state index < -0.39 is 0 Å². The van der Waals surface area contributed by atoms with Gasteiger partial charge in [-0.15, -0.1) is 12.4 Å². The molecule has 0 aliphatic carbocycles. The minimum atomic E-state index is -0.338. The van der Waals surface area contributed by atoms with E-state index in [0.29, 0.717) is 17.8 Å². The van der Waals surface area contributed by atoms with Crippen LogP contribution in [0, 0.1) is 0 Å². The molecule has 1 rings (SSSR count). The maximum atomic E-state index is 8.71. The average Bonchev–Trinajstić information content (AvgIpc) is 2.09. The van der Waals surface area contributed by atoms with Crippen molar-refractivity contribution < 1.29 is 5.11 Å². The number of hydrogen-bond acceptors (Lipinski definition) is 6. The summed E-state index contributed by atoms with van der Waals surface area (Å²) in [4.78, 5) is 7.54. The fourth-order valence-corrected chi connectivity index (χ4v) is 0.939. The number of aromatic nitrogens is 2. The molecular weight excluding hydrogens is 206 g/mol. The molecule has 80 valence electrons. The third-order valence-electron chi connectivity index (χ3n) is 1.63. The lowest BCUT2D eigenvalue weighted by Gasteiger charge is -2.09. The minimum absolute atomic E-state index is 0. The summed E-state index contributed by atoms with van der Waals surface area (Å²) in [6, 6.07) is -0.338. The molecule has 0 amide bonds. The Labute approximate surface area is 87.9 Å². The van der Waals surface area contributed by atoms with E-state index in [1.165, 1.54) is 6.20 Å². The number of rotatable bonds is 3. The Hall–Kier alpha value is -1.11. The molecule has 0 radical (unpaired) electrons. The van der Waals surface area contributed by atoms with Gasteiger partial charge in [0, 0.05) is 17.8 Å². The van der Waals surface area contributed by atoms with Crippen molar-refractivity contribution >= 4 is 24.2 Å². The first kappa shape index (κ1) is 12.9. The smallest absolute Gasteiger partial charge is 0.221 e. The number of nitrogens with two attached hydrogens (primary N) is 3. The highest BCUT2D eigenvalue weighted by Crippen LogP contribution is 2.09. The molecule has 0 aliphatic heterocycles. The van der Waals surface area contributed by atoms with Gasteiger partial charge in [-0.2, -0.15) is 4.98 Å². The molecule has 1 aromatic rings. The van der Waals surface area contributed by atoms with E-state index in [1.807, 2.05) is 0 Å². The van der Waals surface area contributed by atoms with Gasteiger partial charge < -0.3 is 22.3 Å². The van der Waals surface area contributed by atoms with E-state index in [1.54, 1.807) is 0 Å². The van der Waals surface area contributed by atoms with Gasteiger partial charge in [0.05, 0.1) is 6.61 Å². The summed E-state index contributed by atoms with van der Waals surface area (Å²) < 4.78 is 0. The van der Waals surface area contributed by atoms with E-state index in [4.69, 9.17) is 22.3 Å². The fraction of sp³-hybridized carbons (Fsp3) is 0.429. The summed E-state index contributed by atoms with van der Waals surface area (Å²) in [6.07, 6.45) is 1.97. The zero-order valence-electron chi connectivity index (χ0n) is 7.55. The number of nitrogen functional groups attached to an aromatic ring is 2. The first-order valence-corrected chi connectivity index (χ1v) is 3.86. The minimum Gasteiger partial charge on any atom is -0.395 e. The van der Waals surface area contributed by atoms with E-state index in [0.717, 1.165) is 0 Å². The topological polar surface area (TPSA) is 124 Å². The van der Waals surface area contributed by atoms with Crippen LogP contribution in [0.25, 0.3) is 0 Å². The van der Waals surface area contributed by atoms with Crippen LogP contribution < -0.4 is 17.2 Å². The van der Waals surface area contributed by atoms with Crippen molar-refractivity contribution in [3.63, 3.8) is 0 Å². The predicted molar refractivity (Wildman–Crippen MR) is 56.9 cm³/mol. The van der Waals surface area contributed by atoms with E-state index in [-0.39, 0.29) is 31.0 Å². The highest BCUT2D eigenvalue weighted by molar-refractivity contribution is 5.85. The number of halogens is 1. The molecule has 0 fully saturated rings. The van der Waals surface area contributed by atoms with Crippen molar-refractivity contribution in [1.29, 1.82) is 0 Å². The van der Waals surface area contributed by atoms with Crippen LogP contribution in [-0.2, 0) is 6.42 Å². The van der Waals surface area contributed by atoms with Gasteiger partial charge in [0.1, 0.15) is 5.82 Å². The monoisotopic (exact) mass is 219 g/mol. The van der Waals surface area contributed by atoms with Crippen molar-refractivity contribution in [2.45, 2.75) is 12.5 Å². The van der Waals surface area contributed by atoms with Crippen LogP contribution in [0.2, 0.25) is 0 Å². The number of aliphatic hydroxyl groups is 1. The van der Waals surface area contributed by atoms with Gasteiger partial charge in [-0.3, -0.25) is 0 Å². The second-order valence-corrected chi connectivity index (χ2v) is 2.79. The van der Waals surface area contributed by atoms with Crippen LogP contribution in [-0.4, -0.2) is 27.7 Å². The lowest BCUT2D eigenvalue weighted by atomic mass is 10.1. The first-order valence-electron chi connectivity index (χ1n) is 3.86. The van der Waals surface area contributed by atoms with Crippen molar-refractivity contribution in [3.05, 3.63) is 11.8 Å². The molecule has 1 heterocycles. The molecule has 6 nitrogen and oxygen atoms in total. The molecule has 7 N–H and O–H groups in total. The molecule has 0 saturated heterocycles. The van der Waals surface area contributed by atoms with Crippen LogP contribution in [0.5, 0.6) is 0 Å². The molecule has 14 heavy (non-hydrogen) atoms. The zero-order valence-corrected chi connectivity index (χ0v) is 8.37. The van der Waals surface area contributed by atoms with Gasteiger partial charge in [0.2, 0.25) is 5.95 Å². The van der Waals surface area contributed by atoms with Crippen molar-refractivity contribution in [2.24, 2.45) is 5.73 Å². The molecule has 0 saturated carbocycles. The Kier molecular flexibility index (Phi) is 5.14. The predicted octanol–water partition coefficient (Wildman–Crippen LogP) is -1.08. The van der Waals surface area contributed by atoms with Crippen molar-refractivity contribution in [2.75, 3.05) is 18.1 Å². The normalized spacial score (nSPS) is 11.9. The van der Waals surface area contributed by atoms with Crippen molar-refractivity contribution in [3.8, 4) is 0 Å². The standard InChI is InChI=1S/C7H13N5O.ClH/c8-5(3-13)1-4-2-11-7(10)12-6(4)9;/h2,5,13H,1,3,8H2,(H4,9,10,11,12);1H.